The Morgan fingerprint density at radius 3 is 2.14 bits per heavy atom. The van der Waals surface area contributed by atoms with Crippen molar-refractivity contribution in [2.45, 2.75) is 0 Å². The second kappa shape index (κ2) is 3.33. The van der Waals surface area contributed by atoms with Crippen LogP contribution in [0.2, 0.25) is 0 Å². The molecule has 0 aromatic heterocycles. The molecule has 14 heavy (non-hydrogen) atoms. The van der Waals surface area contributed by atoms with Crippen LogP contribution in [-0.2, 0) is 0 Å². The van der Waals surface area contributed by atoms with Crippen LogP contribution < -0.4 is 11.2 Å². The molecule has 0 aliphatic carbocycles. The highest BCUT2D eigenvalue weighted by molar-refractivity contribution is 6.60. The number of rotatable bonds is 1. The Bertz CT molecular complexity index is 471. The van der Waals surface area contributed by atoms with E-state index in [1.54, 1.807) is 12.1 Å². The van der Waals surface area contributed by atoms with Crippen molar-refractivity contribution in [3.05, 3.63) is 36.4 Å². The summed E-state index contributed by atoms with van der Waals surface area (Å²) in [6.45, 7) is 0. The highest BCUT2D eigenvalue weighted by Crippen LogP contribution is 2.15. The third-order valence-corrected chi connectivity index (χ3v) is 2.23. The van der Waals surface area contributed by atoms with Crippen molar-refractivity contribution in [3.8, 4) is 0 Å². The number of hydrogen-bond acceptors (Lipinski definition) is 3. The van der Waals surface area contributed by atoms with Gasteiger partial charge in [-0.1, -0.05) is 30.3 Å². The largest absolute Gasteiger partial charge is 0.490 e. The second-order valence-electron chi connectivity index (χ2n) is 3.20. The summed E-state index contributed by atoms with van der Waals surface area (Å²) < 4.78 is 0. The van der Waals surface area contributed by atoms with E-state index in [0.717, 1.165) is 10.8 Å². The number of anilines is 1. The molecule has 4 heteroatoms. The summed E-state index contributed by atoms with van der Waals surface area (Å²) in [5, 5.41) is 20.0. The molecule has 0 bridgehead atoms. The van der Waals surface area contributed by atoms with Gasteiger partial charge in [0.1, 0.15) is 0 Å². The first kappa shape index (κ1) is 9.06. The number of nitrogens with two attached hydrogens (primary N) is 1. The molecule has 0 heterocycles. The lowest BCUT2D eigenvalue weighted by atomic mass is 9.78. The molecule has 70 valence electrons. The molecule has 0 aliphatic rings. The first-order valence-corrected chi connectivity index (χ1v) is 4.33. The van der Waals surface area contributed by atoms with Gasteiger partial charge >= 0.3 is 7.12 Å². The van der Waals surface area contributed by atoms with Crippen LogP contribution in [0.4, 0.5) is 5.69 Å². The lowest BCUT2D eigenvalue weighted by Crippen LogP contribution is -2.32. The summed E-state index contributed by atoms with van der Waals surface area (Å²) in [5.41, 5.74) is 6.42. The average Bonchev–Trinajstić information content (AvgIpc) is 2.16. The van der Waals surface area contributed by atoms with Crippen LogP contribution in [0, 0.1) is 0 Å². The Kier molecular flexibility index (Phi) is 2.15. The lowest BCUT2D eigenvalue weighted by Gasteiger charge is -2.06. The summed E-state index contributed by atoms with van der Waals surface area (Å²) in [6.07, 6.45) is 0. The minimum atomic E-state index is -1.51. The number of hydrogen-bond donors (Lipinski definition) is 3. The van der Waals surface area contributed by atoms with E-state index in [9.17, 15) is 0 Å². The lowest BCUT2D eigenvalue weighted by molar-refractivity contribution is 0.426. The normalized spacial score (nSPS) is 10.4. The van der Waals surface area contributed by atoms with Gasteiger partial charge in [0.15, 0.2) is 0 Å². The molecule has 0 amide bonds. The monoisotopic (exact) mass is 187 g/mol. The topological polar surface area (TPSA) is 66.5 Å². The quantitative estimate of drug-likeness (QED) is 0.438. The van der Waals surface area contributed by atoms with Gasteiger partial charge in [-0.3, -0.25) is 0 Å². The zero-order valence-corrected chi connectivity index (χ0v) is 7.51. The fourth-order valence-corrected chi connectivity index (χ4v) is 1.50. The van der Waals surface area contributed by atoms with E-state index in [1.165, 1.54) is 0 Å². The van der Waals surface area contributed by atoms with Crippen LogP contribution in [0.3, 0.4) is 0 Å². The van der Waals surface area contributed by atoms with Gasteiger partial charge in [-0.2, -0.15) is 0 Å². The Morgan fingerprint density at radius 2 is 1.57 bits per heavy atom. The predicted molar refractivity (Wildman–Crippen MR) is 58.2 cm³/mol. The Labute approximate surface area is 81.9 Å². The molecule has 0 aliphatic heterocycles. The number of nitrogen functional groups attached to an aromatic ring is 1. The Hall–Kier alpha value is -1.52. The maximum atomic E-state index is 9.04. The minimum absolute atomic E-state index is 0.351. The molecule has 0 atom stereocenters. The van der Waals surface area contributed by atoms with E-state index in [-0.39, 0.29) is 0 Å². The van der Waals surface area contributed by atoms with E-state index < -0.39 is 7.12 Å². The van der Waals surface area contributed by atoms with E-state index in [4.69, 9.17) is 15.8 Å². The Balaban J connectivity index is 2.71. The average molecular weight is 187 g/mol. The maximum absolute atomic E-state index is 9.04. The third-order valence-electron chi connectivity index (χ3n) is 2.23. The van der Waals surface area contributed by atoms with Gasteiger partial charge in [0.2, 0.25) is 0 Å². The van der Waals surface area contributed by atoms with Crippen molar-refractivity contribution in [1.29, 1.82) is 0 Å². The SMILES string of the molecule is Nc1cc2ccccc2cc1B(O)O. The van der Waals surface area contributed by atoms with Crippen LogP contribution in [0.25, 0.3) is 10.8 Å². The summed E-state index contributed by atoms with van der Waals surface area (Å²) in [4.78, 5) is 0. The molecule has 2 aromatic carbocycles. The zero-order valence-electron chi connectivity index (χ0n) is 7.51. The molecule has 4 N–H and O–H groups in total. The first-order chi connectivity index (χ1) is 6.68. The van der Waals surface area contributed by atoms with Gasteiger partial charge in [-0.25, -0.2) is 0 Å². The number of benzene rings is 2. The molecular formula is C10H10BNO2. The first-order valence-electron chi connectivity index (χ1n) is 4.33. The fourth-order valence-electron chi connectivity index (χ4n) is 1.50. The van der Waals surface area contributed by atoms with Gasteiger partial charge < -0.3 is 15.8 Å². The van der Waals surface area contributed by atoms with Crippen molar-refractivity contribution in [3.63, 3.8) is 0 Å². The van der Waals surface area contributed by atoms with Gasteiger partial charge in [0, 0.05) is 11.2 Å². The molecule has 0 fully saturated rings. The van der Waals surface area contributed by atoms with E-state index in [1.807, 2.05) is 24.3 Å². The summed E-state index contributed by atoms with van der Waals surface area (Å²) in [5.74, 6) is 0. The van der Waals surface area contributed by atoms with Crippen molar-refractivity contribution < 1.29 is 10.0 Å². The summed E-state index contributed by atoms with van der Waals surface area (Å²) in [6, 6.07) is 11.1. The fraction of sp³-hybridized carbons (Fsp3) is 0. The molecule has 3 nitrogen and oxygen atoms in total. The summed E-state index contributed by atoms with van der Waals surface area (Å²) in [7, 11) is -1.51. The predicted octanol–water partition coefficient (Wildman–Crippen LogP) is 0.102. The highest BCUT2D eigenvalue weighted by Gasteiger charge is 2.14. The standard InChI is InChI=1S/C10H10BNO2/c12-10-6-8-4-2-1-3-7(8)5-9(10)11(13)14/h1-6,13-14H,12H2. The minimum Gasteiger partial charge on any atom is -0.423 e. The smallest absolute Gasteiger partial charge is 0.423 e. The van der Waals surface area contributed by atoms with E-state index in [0.29, 0.717) is 11.2 Å². The zero-order chi connectivity index (χ0) is 10.1. The molecule has 0 radical (unpaired) electrons. The van der Waals surface area contributed by atoms with Crippen LogP contribution in [0.15, 0.2) is 36.4 Å². The van der Waals surface area contributed by atoms with Crippen LogP contribution in [0.1, 0.15) is 0 Å². The molecule has 0 saturated heterocycles. The highest BCUT2D eigenvalue weighted by atomic mass is 16.4. The third kappa shape index (κ3) is 1.45. The van der Waals surface area contributed by atoms with Crippen molar-refractivity contribution >= 4 is 29.0 Å². The number of fused-ring (bicyclic) bond motifs is 1. The second-order valence-corrected chi connectivity index (χ2v) is 3.20. The molecule has 2 rings (SSSR count). The summed E-state index contributed by atoms with van der Waals surface area (Å²) >= 11 is 0. The van der Waals surface area contributed by atoms with Gasteiger partial charge in [0.25, 0.3) is 0 Å². The van der Waals surface area contributed by atoms with Gasteiger partial charge in [0.05, 0.1) is 0 Å². The molecule has 0 unspecified atom stereocenters. The van der Waals surface area contributed by atoms with Crippen LogP contribution >= 0.6 is 0 Å². The van der Waals surface area contributed by atoms with E-state index in [2.05, 4.69) is 0 Å². The van der Waals surface area contributed by atoms with Crippen molar-refractivity contribution in [2.24, 2.45) is 0 Å². The molecule has 0 saturated carbocycles. The molecular weight excluding hydrogens is 177 g/mol. The van der Waals surface area contributed by atoms with E-state index >= 15 is 0 Å². The van der Waals surface area contributed by atoms with Gasteiger partial charge in [-0.15, -0.1) is 0 Å². The van der Waals surface area contributed by atoms with Crippen molar-refractivity contribution in [1.82, 2.24) is 0 Å². The van der Waals surface area contributed by atoms with Crippen LogP contribution in [-0.4, -0.2) is 17.2 Å². The Morgan fingerprint density at radius 1 is 1.00 bits per heavy atom. The van der Waals surface area contributed by atoms with Crippen LogP contribution in [0.5, 0.6) is 0 Å². The van der Waals surface area contributed by atoms with Gasteiger partial charge in [-0.05, 0) is 16.8 Å². The van der Waals surface area contributed by atoms with Crippen molar-refractivity contribution in [2.75, 3.05) is 5.73 Å². The molecule has 2 aromatic rings. The maximum Gasteiger partial charge on any atom is 0.490 e. The molecule has 0 spiro atoms.